The van der Waals surface area contributed by atoms with E-state index in [0.717, 1.165) is 28.1 Å². The van der Waals surface area contributed by atoms with Gasteiger partial charge in [-0.05, 0) is 35.1 Å². The first-order valence-electron chi connectivity index (χ1n) is 10.5. The lowest BCUT2D eigenvalue weighted by Gasteiger charge is -2.40. The van der Waals surface area contributed by atoms with Crippen molar-refractivity contribution in [1.82, 2.24) is 15.1 Å². The van der Waals surface area contributed by atoms with Crippen LogP contribution in [0.15, 0.2) is 54.6 Å². The number of nitrogens with zero attached hydrogens (tertiary/aromatic N) is 2. The minimum Gasteiger partial charge on any atom is -0.391 e. The fourth-order valence-electron chi connectivity index (χ4n) is 4.70. The van der Waals surface area contributed by atoms with Gasteiger partial charge in [0.15, 0.2) is 0 Å². The highest BCUT2D eigenvalue weighted by Gasteiger charge is 2.39. The Bertz CT molecular complexity index is 1120. The third kappa shape index (κ3) is 3.49. The smallest absolute Gasteiger partial charge is 0.320 e. The summed E-state index contributed by atoms with van der Waals surface area (Å²) in [5.41, 5.74) is 4.50. The molecule has 0 saturated heterocycles. The Labute approximate surface area is 181 Å². The fraction of sp³-hybridized carbons (Fsp3) is 0.333. The zero-order chi connectivity index (χ0) is 21.6. The number of carbonyl (C=O) groups is 1. The van der Waals surface area contributed by atoms with Gasteiger partial charge < -0.3 is 15.2 Å². The van der Waals surface area contributed by atoms with E-state index in [1.165, 1.54) is 0 Å². The van der Waals surface area contributed by atoms with Crippen molar-refractivity contribution in [1.29, 1.82) is 0 Å². The molecule has 7 nitrogen and oxygen atoms in total. The third-order valence-corrected chi connectivity index (χ3v) is 6.20. The molecule has 1 aromatic heterocycles. The van der Waals surface area contributed by atoms with Gasteiger partial charge in [0.1, 0.15) is 5.82 Å². The molecule has 0 unspecified atom stereocenters. The van der Waals surface area contributed by atoms with Crippen LogP contribution >= 0.6 is 0 Å². The number of fused-ring (bicyclic) bond motifs is 2. The van der Waals surface area contributed by atoms with E-state index in [1.54, 1.807) is 4.68 Å². The number of hydrogen-bond donors (Lipinski definition) is 3. The summed E-state index contributed by atoms with van der Waals surface area (Å²) in [5.74, 6) is 0.593. The second kappa shape index (κ2) is 7.51. The molecule has 0 fully saturated rings. The predicted molar refractivity (Wildman–Crippen MR) is 117 cm³/mol. The van der Waals surface area contributed by atoms with E-state index >= 15 is 0 Å². The molecule has 2 aliphatic rings. The molecule has 3 aromatic rings. The van der Waals surface area contributed by atoms with Crippen LogP contribution in [0.25, 0.3) is 5.69 Å². The molecule has 0 saturated carbocycles. The van der Waals surface area contributed by atoms with Crippen LogP contribution in [0.3, 0.4) is 0 Å². The van der Waals surface area contributed by atoms with E-state index < -0.39 is 12.1 Å². The molecule has 0 spiro atoms. The molecule has 2 heterocycles. The van der Waals surface area contributed by atoms with E-state index in [4.69, 9.17) is 4.74 Å². The van der Waals surface area contributed by atoms with E-state index in [-0.39, 0.29) is 11.4 Å². The van der Waals surface area contributed by atoms with Gasteiger partial charge in [0.2, 0.25) is 0 Å². The molecule has 1 aliphatic carbocycles. The molecular weight excluding hydrogens is 392 g/mol. The van der Waals surface area contributed by atoms with E-state index in [2.05, 4.69) is 35.6 Å². The van der Waals surface area contributed by atoms with Crippen LogP contribution in [0.1, 0.15) is 48.7 Å². The van der Waals surface area contributed by atoms with Gasteiger partial charge in [0, 0.05) is 5.56 Å². The van der Waals surface area contributed by atoms with Gasteiger partial charge in [0.05, 0.1) is 36.7 Å². The number of aromatic nitrogens is 2. The number of para-hydroxylation sites is 1. The van der Waals surface area contributed by atoms with Crippen molar-refractivity contribution in [3.63, 3.8) is 0 Å². The minimum absolute atomic E-state index is 0.158. The molecule has 31 heavy (non-hydrogen) atoms. The highest BCUT2D eigenvalue weighted by atomic mass is 16.5. The average Bonchev–Trinajstić information content (AvgIpc) is 3.34. The van der Waals surface area contributed by atoms with Crippen LogP contribution < -0.4 is 10.6 Å². The largest absolute Gasteiger partial charge is 0.391 e. The quantitative estimate of drug-likeness (QED) is 0.604. The summed E-state index contributed by atoms with van der Waals surface area (Å²) >= 11 is 0. The molecule has 1 aliphatic heterocycles. The van der Waals surface area contributed by atoms with Crippen molar-refractivity contribution < 1.29 is 14.6 Å². The molecule has 160 valence electrons. The summed E-state index contributed by atoms with van der Waals surface area (Å²) in [7, 11) is 0. The minimum atomic E-state index is -0.677. The monoisotopic (exact) mass is 418 g/mol. The zero-order valence-electron chi connectivity index (χ0n) is 17.6. The molecule has 3 N–H and O–H groups in total. The maximum Gasteiger partial charge on any atom is 0.320 e. The van der Waals surface area contributed by atoms with Gasteiger partial charge >= 0.3 is 6.03 Å². The van der Waals surface area contributed by atoms with Gasteiger partial charge in [-0.1, -0.05) is 56.3 Å². The number of nitrogens with one attached hydrogen (secondary N) is 2. The molecule has 5 rings (SSSR count). The van der Waals surface area contributed by atoms with Crippen LogP contribution in [0.4, 0.5) is 10.6 Å². The highest BCUT2D eigenvalue weighted by Crippen LogP contribution is 2.41. The van der Waals surface area contributed by atoms with Gasteiger partial charge in [-0.25, -0.2) is 9.48 Å². The first kappa shape index (κ1) is 19.8. The van der Waals surface area contributed by atoms with Crippen molar-refractivity contribution in [3.05, 3.63) is 77.0 Å². The number of aliphatic hydroxyl groups excluding tert-OH is 1. The van der Waals surface area contributed by atoms with Gasteiger partial charge in [0.25, 0.3) is 0 Å². The zero-order valence-corrected chi connectivity index (χ0v) is 17.6. The molecule has 2 aromatic carbocycles. The molecule has 0 bridgehead atoms. The fourth-order valence-corrected chi connectivity index (χ4v) is 4.70. The summed E-state index contributed by atoms with van der Waals surface area (Å²) in [6, 6.07) is 16.8. The molecule has 0 radical (unpaired) electrons. The van der Waals surface area contributed by atoms with Crippen molar-refractivity contribution in [2.45, 2.75) is 51.0 Å². The number of benzene rings is 2. The van der Waals surface area contributed by atoms with Crippen molar-refractivity contribution in [3.8, 4) is 5.69 Å². The second-order valence-corrected chi connectivity index (χ2v) is 8.83. The summed E-state index contributed by atoms with van der Waals surface area (Å²) in [6.45, 7) is 5.07. The standard InChI is InChI=1S/C24H26N4O3/c1-24(2)12-20(29)21(16-10-6-7-11-18(16)24)25-23(30)26-22-17-13-31-14-19(17)27-28(22)15-8-4-3-5-9-15/h3-11,20-21,29H,12-14H2,1-2H3,(H2,25,26,30)/t20-,21-/m1/s1. The Balaban J connectivity index is 1.43. The summed E-state index contributed by atoms with van der Waals surface area (Å²) in [5, 5.41) is 21.4. The first-order valence-corrected chi connectivity index (χ1v) is 10.5. The molecule has 2 atom stereocenters. The number of rotatable bonds is 3. The second-order valence-electron chi connectivity index (χ2n) is 8.83. The van der Waals surface area contributed by atoms with Gasteiger partial charge in [-0.2, -0.15) is 5.10 Å². The summed E-state index contributed by atoms with van der Waals surface area (Å²) in [4.78, 5) is 13.1. The number of aliphatic hydroxyl groups is 1. The number of anilines is 1. The first-order chi connectivity index (χ1) is 14.9. The maximum atomic E-state index is 13.1. The SMILES string of the molecule is CC1(C)C[C@@H](O)[C@H](NC(=O)Nc2c3c(nn2-c2ccccc2)COC3)c2ccccc21. The maximum absolute atomic E-state index is 13.1. The third-order valence-electron chi connectivity index (χ3n) is 6.20. The Kier molecular flexibility index (Phi) is 4.79. The Morgan fingerprint density at radius 2 is 1.87 bits per heavy atom. The van der Waals surface area contributed by atoms with Crippen LogP contribution in [0, 0.1) is 0 Å². The van der Waals surface area contributed by atoms with E-state index in [9.17, 15) is 9.90 Å². The lowest BCUT2D eigenvalue weighted by Crippen LogP contribution is -2.45. The van der Waals surface area contributed by atoms with Crippen LogP contribution in [0.2, 0.25) is 0 Å². The van der Waals surface area contributed by atoms with Crippen LogP contribution in [-0.2, 0) is 23.4 Å². The number of hydrogen-bond acceptors (Lipinski definition) is 4. The van der Waals surface area contributed by atoms with Crippen molar-refractivity contribution >= 4 is 11.8 Å². The number of urea groups is 1. The number of ether oxygens (including phenoxy) is 1. The topological polar surface area (TPSA) is 88.4 Å². The summed E-state index contributed by atoms with van der Waals surface area (Å²) in [6.07, 6.45) is -0.108. The van der Waals surface area contributed by atoms with E-state index in [0.29, 0.717) is 25.5 Å². The van der Waals surface area contributed by atoms with E-state index in [1.807, 2.05) is 48.5 Å². The molecule has 7 heteroatoms. The Hall–Kier alpha value is -3.16. The van der Waals surface area contributed by atoms with Crippen molar-refractivity contribution in [2.24, 2.45) is 0 Å². The number of carbonyl (C=O) groups excluding carboxylic acids is 1. The van der Waals surface area contributed by atoms with Gasteiger partial charge in [-0.3, -0.25) is 5.32 Å². The lowest BCUT2D eigenvalue weighted by atomic mass is 9.70. The average molecular weight is 418 g/mol. The van der Waals surface area contributed by atoms with Gasteiger partial charge in [-0.15, -0.1) is 0 Å². The van der Waals surface area contributed by atoms with Crippen LogP contribution in [-0.4, -0.2) is 27.0 Å². The Morgan fingerprint density at radius 1 is 1.13 bits per heavy atom. The molecule has 2 amide bonds. The predicted octanol–water partition coefficient (Wildman–Crippen LogP) is 3.81. The normalized spacial score (nSPS) is 21.3. The molecular formula is C24H26N4O3. The number of amides is 2. The summed E-state index contributed by atoms with van der Waals surface area (Å²) < 4.78 is 7.25. The lowest BCUT2D eigenvalue weighted by molar-refractivity contribution is 0.0883. The Morgan fingerprint density at radius 3 is 2.68 bits per heavy atom. The highest BCUT2D eigenvalue weighted by molar-refractivity contribution is 5.90. The van der Waals surface area contributed by atoms with Crippen molar-refractivity contribution in [2.75, 3.05) is 5.32 Å². The van der Waals surface area contributed by atoms with Crippen LogP contribution in [0.5, 0.6) is 0 Å².